The van der Waals surface area contributed by atoms with Crippen molar-refractivity contribution in [3.05, 3.63) is 41.8 Å². The molecule has 84 valence electrons. The van der Waals surface area contributed by atoms with Gasteiger partial charge in [0.1, 0.15) is 0 Å². The normalized spacial score (nSPS) is 17.4. The molecule has 0 saturated heterocycles. The number of rotatable bonds is 1. The highest BCUT2D eigenvalue weighted by Crippen LogP contribution is 2.33. The Labute approximate surface area is 99.9 Å². The molecule has 0 fully saturated rings. The van der Waals surface area contributed by atoms with Gasteiger partial charge in [-0.2, -0.15) is 3.97 Å². The molecule has 2 heteroatoms. The van der Waals surface area contributed by atoms with E-state index in [-0.39, 0.29) is 11.1 Å². The monoisotopic (exact) mass is 231 g/mol. The Morgan fingerprint density at radius 3 is 2.75 bits per heavy atom. The van der Waals surface area contributed by atoms with Gasteiger partial charge in [-0.25, -0.2) is 0 Å². The molecule has 1 heterocycles. The molecule has 1 aliphatic rings. The molecule has 0 N–H and O–H groups in total. The lowest BCUT2D eigenvalue weighted by molar-refractivity contribution is 0.675. The number of fused-ring (bicyclic) bond motifs is 3. The number of benzene rings is 1. The molecule has 0 spiro atoms. The molecule has 0 aliphatic heterocycles. The van der Waals surface area contributed by atoms with E-state index in [1.807, 2.05) is 0 Å². The molecule has 1 unspecified atom stereocenters. The van der Waals surface area contributed by atoms with Gasteiger partial charge in [0.2, 0.25) is 0 Å². The van der Waals surface area contributed by atoms with Crippen molar-refractivity contribution in [3.63, 3.8) is 0 Å². The summed E-state index contributed by atoms with van der Waals surface area (Å²) in [7, 11) is 0. The van der Waals surface area contributed by atoms with E-state index in [9.17, 15) is 0 Å². The third-order valence-corrected chi connectivity index (χ3v) is 4.48. The second-order valence-electron chi connectivity index (χ2n) is 4.54. The van der Waals surface area contributed by atoms with Crippen molar-refractivity contribution in [2.24, 2.45) is 0 Å². The lowest BCUT2D eigenvalue weighted by atomic mass is 9.96. The Hall–Kier alpha value is -0.890. The standard InChI is InChI=1S/C14H17NS/c1-16(2)15-13-9-5-3-7-11(13)12-8-4-6-10-14(12)15/h3,5,7,9H,1,4,6,8,10H2,2H3. The van der Waals surface area contributed by atoms with Crippen molar-refractivity contribution >= 4 is 22.0 Å². The van der Waals surface area contributed by atoms with Crippen LogP contribution in [0.1, 0.15) is 24.1 Å². The number of hydrogen-bond donors (Lipinski definition) is 0. The molecule has 1 nitrogen and oxygen atoms in total. The summed E-state index contributed by atoms with van der Waals surface area (Å²) >= 11 is 0.0548. The van der Waals surface area contributed by atoms with E-state index in [1.165, 1.54) is 36.6 Å². The van der Waals surface area contributed by atoms with Crippen molar-refractivity contribution in [2.45, 2.75) is 25.7 Å². The van der Waals surface area contributed by atoms with Crippen LogP contribution >= 0.6 is 0 Å². The first-order chi connectivity index (χ1) is 7.79. The summed E-state index contributed by atoms with van der Waals surface area (Å²) in [6, 6.07) is 8.79. The first-order valence-corrected chi connectivity index (χ1v) is 7.62. The molecule has 0 saturated carbocycles. The average Bonchev–Trinajstić information content (AvgIpc) is 2.63. The van der Waals surface area contributed by atoms with E-state index in [4.69, 9.17) is 0 Å². The zero-order valence-corrected chi connectivity index (χ0v) is 10.5. The minimum atomic E-state index is 0.0548. The van der Waals surface area contributed by atoms with Crippen LogP contribution in [0.2, 0.25) is 0 Å². The van der Waals surface area contributed by atoms with Gasteiger partial charge in [-0.15, -0.1) is 0 Å². The van der Waals surface area contributed by atoms with Crippen LogP contribution < -0.4 is 0 Å². The first-order valence-electron chi connectivity index (χ1n) is 5.86. The number of aromatic nitrogens is 1. The largest absolute Gasteiger partial charge is 0.197 e. The van der Waals surface area contributed by atoms with Gasteiger partial charge in [-0.1, -0.05) is 35.5 Å². The lowest BCUT2D eigenvalue weighted by Crippen LogP contribution is -2.13. The van der Waals surface area contributed by atoms with Crippen molar-refractivity contribution in [2.75, 3.05) is 6.26 Å². The first kappa shape index (κ1) is 10.3. The third-order valence-electron chi connectivity index (χ3n) is 3.44. The maximum atomic E-state index is 4.23. The van der Waals surface area contributed by atoms with Gasteiger partial charge < -0.3 is 0 Å². The highest BCUT2D eigenvalue weighted by Gasteiger charge is 2.22. The van der Waals surface area contributed by atoms with Crippen LogP contribution in [-0.2, 0) is 23.9 Å². The highest BCUT2D eigenvalue weighted by atomic mass is 32.2. The summed E-state index contributed by atoms with van der Waals surface area (Å²) in [5.41, 5.74) is 4.52. The summed E-state index contributed by atoms with van der Waals surface area (Å²) in [6.07, 6.45) is 11.6. The average molecular weight is 231 g/mol. The molecule has 16 heavy (non-hydrogen) atoms. The molecular formula is C14H17NS. The van der Waals surface area contributed by atoms with E-state index in [1.54, 1.807) is 11.3 Å². The summed E-state index contributed by atoms with van der Waals surface area (Å²) in [5.74, 6) is 0. The van der Waals surface area contributed by atoms with Crippen LogP contribution in [0, 0.1) is 6.26 Å². The van der Waals surface area contributed by atoms with Crippen LogP contribution in [0.25, 0.3) is 10.9 Å². The van der Waals surface area contributed by atoms with Gasteiger partial charge in [-0.3, -0.25) is 0 Å². The highest BCUT2D eigenvalue weighted by molar-refractivity contribution is 7.96. The molecule has 3 rings (SSSR count). The third kappa shape index (κ3) is 1.40. The fourth-order valence-corrected chi connectivity index (χ4v) is 3.88. The molecule has 0 amide bonds. The zero-order chi connectivity index (χ0) is 11.1. The fourth-order valence-electron chi connectivity index (χ4n) is 2.81. The molecule has 1 aliphatic carbocycles. The second kappa shape index (κ2) is 3.85. The SMILES string of the molecule is [CH2-][S+](C)n1c2c(c3ccccc31)CCCC2. The van der Waals surface area contributed by atoms with E-state index in [0.29, 0.717) is 0 Å². The Bertz CT molecular complexity index is 525. The van der Waals surface area contributed by atoms with Gasteiger partial charge in [0.05, 0.1) is 17.5 Å². The van der Waals surface area contributed by atoms with E-state index in [0.717, 1.165) is 0 Å². The Kier molecular flexibility index (Phi) is 2.47. The Balaban J connectivity index is 2.37. The van der Waals surface area contributed by atoms with Crippen LogP contribution in [0.15, 0.2) is 24.3 Å². The van der Waals surface area contributed by atoms with Crippen molar-refractivity contribution in [1.82, 2.24) is 3.97 Å². The molecule has 2 aromatic rings. The van der Waals surface area contributed by atoms with Gasteiger partial charge in [0.15, 0.2) is 0 Å². The predicted octanol–water partition coefficient (Wildman–Crippen LogP) is 3.32. The van der Waals surface area contributed by atoms with Gasteiger partial charge in [0, 0.05) is 5.39 Å². The molecule has 1 aromatic heterocycles. The molecule has 1 aromatic carbocycles. The van der Waals surface area contributed by atoms with Gasteiger partial charge in [0.25, 0.3) is 0 Å². The van der Waals surface area contributed by atoms with Crippen LogP contribution in [0.5, 0.6) is 0 Å². The van der Waals surface area contributed by atoms with Crippen molar-refractivity contribution in [3.8, 4) is 0 Å². The summed E-state index contributed by atoms with van der Waals surface area (Å²) in [5, 5.41) is 1.46. The summed E-state index contributed by atoms with van der Waals surface area (Å²) in [4.78, 5) is 0. The van der Waals surface area contributed by atoms with Crippen LogP contribution in [-0.4, -0.2) is 10.2 Å². The maximum absolute atomic E-state index is 4.23. The minimum Gasteiger partial charge on any atom is -0.197 e. The van der Waals surface area contributed by atoms with Gasteiger partial charge >= 0.3 is 0 Å². The van der Waals surface area contributed by atoms with Gasteiger partial charge in [-0.05, 0) is 37.3 Å². The topological polar surface area (TPSA) is 4.93 Å². The zero-order valence-electron chi connectivity index (χ0n) is 9.70. The van der Waals surface area contributed by atoms with Crippen molar-refractivity contribution < 1.29 is 0 Å². The van der Waals surface area contributed by atoms with E-state index < -0.39 is 0 Å². The Morgan fingerprint density at radius 1 is 1.19 bits per heavy atom. The molecule has 0 radical (unpaired) electrons. The smallest absolute Gasteiger partial charge is 0.0947 e. The minimum absolute atomic E-state index is 0.0548. The summed E-state index contributed by atoms with van der Waals surface area (Å²) in [6.45, 7) is 0. The maximum Gasteiger partial charge on any atom is 0.0947 e. The van der Waals surface area contributed by atoms with E-state index in [2.05, 4.69) is 40.7 Å². The molecule has 1 atom stereocenters. The molecular weight excluding hydrogens is 214 g/mol. The number of nitrogens with zero attached hydrogens (tertiary/aromatic N) is 1. The second-order valence-corrected chi connectivity index (χ2v) is 6.11. The number of hydrogen-bond acceptors (Lipinski definition) is 0. The predicted molar refractivity (Wildman–Crippen MR) is 72.6 cm³/mol. The number of aryl methyl sites for hydroxylation is 1. The fraction of sp³-hybridized carbons (Fsp3) is 0.357. The van der Waals surface area contributed by atoms with Crippen LogP contribution in [0.4, 0.5) is 0 Å². The number of para-hydroxylation sites is 1. The van der Waals surface area contributed by atoms with Crippen LogP contribution in [0.3, 0.4) is 0 Å². The quantitative estimate of drug-likeness (QED) is 0.524. The van der Waals surface area contributed by atoms with E-state index >= 15 is 0 Å². The molecule has 0 bridgehead atoms. The van der Waals surface area contributed by atoms with Crippen molar-refractivity contribution in [1.29, 1.82) is 0 Å². The lowest BCUT2D eigenvalue weighted by Gasteiger charge is -2.15. The Morgan fingerprint density at radius 2 is 1.94 bits per heavy atom. The summed E-state index contributed by atoms with van der Waals surface area (Å²) < 4.78 is 2.46.